The Balaban J connectivity index is 2.15. The van der Waals surface area contributed by atoms with Crippen LogP contribution in [0.2, 0.25) is 0 Å². The Morgan fingerprint density at radius 1 is 1.37 bits per heavy atom. The van der Waals surface area contributed by atoms with Crippen LogP contribution in [0.5, 0.6) is 0 Å². The van der Waals surface area contributed by atoms with E-state index in [1.807, 2.05) is 0 Å². The van der Waals surface area contributed by atoms with Crippen molar-refractivity contribution in [3.8, 4) is 0 Å². The molecule has 0 unspecified atom stereocenters. The maximum absolute atomic E-state index is 13.6. The molecule has 1 heterocycles. The number of furan rings is 1. The molecule has 0 saturated heterocycles. The summed E-state index contributed by atoms with van der Waals surface area (Å²) >= 11 is 0. The van der Waals surface area contributed by atoms with E-state index in [0.29, 0.717) is 17.0 Å². The second-order valence-corrected chi connectivity index (χ2v) is 4.32. The summed E-state index contributed by atoms with van der Waals surface area (Å²) in [6.45, 7) is 3.68. The van der Waals surface area contributed by atoms with Crippen molar-refractivity contribution >= 4 is 11.7 Å². The normalized spacial score (nSPS) is 10.5. The number of aromatic carboxylic acids is 1. The molecule has 2 rings (SSSR count). The summed E-state index contributed by atoms with van der Waals surface area (Å²) in [5, 5.41) is 11.8. The van der Waals surface area contributed by atoms with Crippen LogP contribution in [0.15, 0.2) is 28.7 Å². The first-order valence-corrected chi connectivity index (χ1v) is 5.80. The second-order valence-electron chi connectivity index (χ2n) is 4.32. The first-order valence-electron chi connectivity index (χ1n) is 5.80. The first-order chi connectivity index (χ1) is 8.99. The fourth-order valence-electron chi connectivity index (χ4n) is 1.88. The lowest BCUT2D eigenvalue weighted by atomic mass is 10.2. The van der Waals surface area contributed by atoms with Crippen LogP contribution >= 0.6 is 0 Å². The van der Waals surface area contributed by atoms with Gasteiger partial charge in [0.15, 0.2) is 0 Å². The van der Waals surface area contributed by atoms with Crippen molar-refractivity contribution in [2.45, 2.75) is 20.4 Å². The number of anilines is 1. The number of hydrogen-bond acceptors (Lipinski definition) is 3. The van der Waals surface area contributed by atoms with Crippen LogP contribution in [0.4, 0.5) is 10.1 Å². The van der Waals surface area contributed by atoms with E-state index in [-0.39, 0.29) is 18.1 Å². The molecule has 2 N–H and O–H groups in total. The summed E-state index contributed by atoms with van der Waals surface area (Å²) < 4.78 is 18.8. The molecule has 0 atom stereocenters. The van der Waals surface area contributed by atoms with E-state index >= 15 is 0 Å². The van der Waals surface area contributed by atoms with Crippen LogP contribution in [0, 0.1) is 19.7 Å². The van der Waals surface area contributed by atoms with E-state index in [0.717, 1.165) is 5.56 Å². The number of aryl methyl sites for hydroxylation is 2. The zero-order valence-corrected chi connectivity index (χ0v) is 10.7. The van der Waals surface area contributed by atoms with Gasteiger partial charge in [-0.3, -0.25) is 0 Å². The van der Waals surface area contributed by atoms with Crippen LogP contribution in [0.25, 0.3) is 0 Å². The van der Waals surface area contributed by atoms with Crippen molar-refractivity contribution in [2.24, 2.45) is 0 Å². The van der Waals surface area contributed by atoms with Crippen molar-refractivity contribution < 1.29 is 18.7 Å². The minimum atomic E-state index is -1.11. The van der Waals surface area contributed by atoms with Gasteiger partial charge in [0.1, 0.15) is 11.6 Å². The van der Waals surface area contributed by atoms with Gasteiger partial charge < -0.3 is 14.8 Å². The number of carboxylic acid groups (broad SMARTS) is 1. The minimum Gasteiger partial charge on any atom is -0.475 e. The van der Waals surface area contributed by atoms with E-state index in [2.05, 4.69) is 5.32 Å². The number of carbonyl (C=O) groups is 1. The molecule has 100 valence electrons. The molecule has 0 amide bonds. The number of carboxylic acids is 1. The third-order valence-corrected chi connectivity index (χ3v) is 2.82. The zero-order chi connectivity index (χ0) is 14.0. The Bertz CT molecular complexity index is 599. The van der Waals surface area contributed by atoms with Crippen LogP contribution < -0.4 is 5.32 Å². The molecule has 0 spiro atoms. The van der Waals surface area contributed by atoms with Crippen molar-refractivity contribution in [1.82, 2.24) is 0 Å². The van der Waals surface area contributed by atoms with Gasteiger partial charge in [0.05, 0.1) is 12.2 Å². The number of benzene rings is 1. The third-order valence-electron chi connectivity index (χ3n) is 2.82. The molecule has 0 saturated carbocycles. The largest absolute Gasteiger partial charge is 0.475 e. The van der Waals surface area contributed by atoms with Gasteiger partial charge in [0, 0.05) is 5.56 Å². The SMILES string of the molecule is Cc1cc(CNc2c(C)cccc2F)oc1C(=O)O. The molecule has 4 nitrogen and oxygen atoms in total. The zero-order valence-electron chi connectivity index (χ0n) is 10.7. The predicted octanol–water partition coefficient (Wildman–Crippen LogP) is 3.35. The summed E-state index contributed by atoms with van der Waals surface area (Å²) in [5.41, 5.74) is 1.73. The first kappa shape index (κ1) is 13.1. The lowest BCUT2D eigenvalue weighted by molar-refractivity contribution is 0.0659. The highest BCUT2D eigenvalue weighted by Crippen LogP contribution is 2.21. The second kappa shape index (κ2) is 5.14. The Labute approximate surface area is 109 Å². The summed E-state index contributed by atoms with van der Waals surface area (Å²) in [6, 6.07) is 6.43. The summed E-state index contributed by atoms with van der Waals surface area (Å²) in [7, 11) is 0. The van der Waals surface area contributed by atoms with Crippen LogP contribution in [-0.2, 0) is 6.54 Å². The maximum atomic E-state index is 13.6. The molecule has 2 aromatic rings. The van der Waals surface area contributed by atoms with Gasteiger partial charge in [-0.25, -0.2) is 9.18 Å². The Hall–Kier alpha value is -2.30. The smallest absolute Gasteiger partial charge is 0.372 e. The van der Waals surface area contributed by atoms with Crippen molar-refractivity contribution in [2.75, 3.05) is 5.32 Å². The quantitative estimate of drug-likeness (QED) is 0.888. The lowest BCUT2D eigenvalue weighted by Crippen LogP contribution is -2.02. The highest BCUT2D eigenvalue weighted by atomic mass is 19.1. The van der Waals surface area contributed by atoms with E-state index in [4.69, 9.17) is 9.52 Å². The molecule has 0 fully saturated rings. The molecular weight excluding hydrogens is 249 g/mol. The van der Waals surface area contributed by atoms with Crippen molar-refractivity contribution in [1.29, 1.82) is 0 Å². The molecule has 1 aromatic heterocycles. The monoisotopic (exact) mass is 263 g/mol. The van der Waals surface area contributed by atoms with Gasteiger partial charge >= 0.3 is 5.97 Å². The van der Waals surface area contributed by atoms with Crippen molar-refractivity contribution in [3.05, 3.63) is 52.7 Å². The minimum absolute atomic E-state index is 0.0814. The Kier molecular flexibility index (Phi) is 3.55. The van der Waals surface area contributed by atoms with Crippen LogP contribution in [0.1, 0.15) is 27.4 Å². The summed E-state index contributed by atoms with van der Waals surface area (Å²) in [6.07, 6.45) is 0. The number of para-hydroxylation sites is 1. The van der Waals surface area contributed by atoms with Gasteiger partial charge in [-0.15, -0.1) is 0 Å². The predicted molar refractivity (Wildman–Crippen MR) is 68.9 cm³/mol. The van der Waals surface area contributed by atoms with E-state index < -0.39 is 5.97 Å². The summed E-state index contributed by atoms with van der Waals surface area (Å²) in [4.78, 5) is 10.8. The van der Waals surface area contributed by atoms with Gasteiger partial charge in [-0.05, 0) is 31.5 Å². The van der Waals surface area contributed by atoms with E-state index in [1.54, 1.807) is 32.0 Å². The number of nitrogens with one attached hydrogen (secondary N) is 1. The topological polar surface area (TPSA) is 62.5 Å². The molecule has 0 aliphatic rings. The molecule has 5 heteroatoms. The Morgan fingerprint density at radius 3 is 2.68 bits per heavy atom. The van der Waals surface area contributed by atoms with Gasteiger partial charge in [-0.2, -0.15) is 0 Å². The van der Waals surface area contributed by atoms with Crippen LogP contribution in [0.3, 0.4) is 0 Å². The molecule has 1 aromatic carbocycles. The molecular formula is C14H14FNO3. The van der Waals surface area contributed by atoms with Gasteiger partial charge in [0.25, 0.3) is 0 Å². The molecule has 0 aliphatic carbocycles. The third kappa shape index (κ3) is 2.76. The molecule has 0 aliphatic heterocycles. The fraction of sp³-hybridized carbons (Fsp3) is 0.214. The van der Waals surface area contributed by atoms with Crippen LogP contribution in [-0.4, -0.2) is 11.1 Å². The standard InChI is InChI=1S/C14H14FNO3/c1-8-4-3-5-11(15)12(8)16-7-10-6-9(2)13(19-10)14(17)18/h3-6,16H,7H2,1-2H3,(H,17,18). The Morgan fingerprint density at radius 2 is 2.11 bits per heavy atom. The highest BCUT2D eigenvalue weighted by Gasteiger charge is 2.14. The molecule has 0 radical (unpaired) electrons. The lowest BCUT2D eigenvalue weighted by Gasteiger charge is -2.08. The summed E-state index contributed by atoms with van der Waals surface area (Å²) in [5.74, 6) is -1.08. The number of hydrogen-bond donors (Lipinski definition) is 2. The number of rotatable bonds is 4. The fourth-order valence-corrected chi connectivity index (χ4v) is 1.88. The number of halogens is 1. The van der Waals surface area contributed by atoms with Gasteiger partial charge in [-0.1, -0.05) is 12.1 Å². The van der Waals surface area contributed by atoms with Crippen molar-refractivity contribution in [3.63, 3.8) is 0 Å². The molecule has 19 heavy (non-hydrogen) atoms. The van der Waals surface area contributed by atoms with Gasteiger partial charge in [0.2, 0.25) is 5.76 Å². The average molecular weight is 263 g/mol. The highest BCUT2D eigenvalue weighted by molar-refractivity contribution is 5.86. The average Bonchev–Trinajstić information content (AvgIpc) is 2.70. The molecule has 0 bridgehead atoms. The van der Waals surface area contributed by atoms with E-state index in [9.17, 15) is 9.18 Å². The van der Waals surface area contributed by atoms with E-state index in [1.165, 1.54) is 6.07 Å². The maximum Gasteiger partial charge on any atom is 0.372 e.